The fourth-order valence-corrected chi connectivity index (χ4v) is 3.82. The second-order valence-electron chi connectivity index (χ2n) is 7.62. The first-order valence-corrected chi connectivity index (χ1v) is 9.47. The van der Waals surface area contributed by atoms with Crippen LogP contribution < -0.4 is 5.73 Å². The summed E-state index contributed by atoms with van der Waals surface area (Å²) in [6.07, 6.45) is 3.43. The van der Waals surface area contributed by atoms with Crippen molar-refractivity contribution in [3.8, 4) is 0 Å². The summed E-state index contributed by atoms with van der Waals surface area (Å²) in [5.74, 6) is 1.66. The van der Waals surface area contributed by atoms with E-state index in [1.54, 1.807) is 0 Å². The highest BCUT2D eigenvalue weighted by Gasteiger charge is 2.29. The molecule has 2 atom stereocenters. The van der Waals surface area contributed by atoms with Crippen molar-refractivity contribution >= 4 is 16.9 Å². The highest BCUT2D eigenvalue weighted by molar-refractivity contribution is 5.77. The average molecular weight is 342 g/mol. The number of nitrogens with two attached hydrogens (primary N) is 1. The van der Waals surface area contributed by atoms with Crippen molar-refractivity contribution in [2.75, 3.05) is 13.1 Å². The maximum absolute atomic E-state index is 12.5. The fourth-order valence-electron chi connectivity index (χ4n) is 3.82. The third-order valence-electron chi connectivity index (χ3n) is 5.09. The molecule has 2 aromatic rings. The standard InChI is InChI=1S/C20H30N4O/c1-14(2)24-18-9-5-4-8-17(18)22-20(24)16-7-6-12-23(13-16)19(25)11-10-15(3)21/h4-5,8-9,14-16H,6-7,10-13,21H2,1-3H3. The van der Waals surface area contributed by atoms with Gasteiger partial charge in [0.1, 0.15) is 5.82 Å². The summed E-state index contributed by atoms with van der Waals surface area (Å²) in [6.45, 7) is 7.99. The molecule has 25 heavy (non-hydrogen) atoms. The van der Waals surface area contributed by atoms with Gasteiger partial charge in [-0.25, -0.2) is 4.98 Å². The van der Waals surface area contributed by atoms with Gasteiger partial charge in [0.25, 0.3) is 0 Å². The number of carbonyl (C=O) groups is 1. The number of aromatic nitrogens is 2. The molecular formula is C20H30N4O. The van der Waals surface area contributed by atoms with Crippen LogP contribution >= 0.6 is 0 Å². The smallest absolute Gasteiger partial charge is 0.222 e. The quantitative estimate of drug-likeness (QED) is 0.905. The van der Waals surface area contributed by atoms with Gasteiger partial charge in [-0.3, -0.25) is 4.79 Å². The molecule has 1 amide bonds. The summed E-state index contributed by atoms with van der Waals surface area (Å²) in [5, 5.41) is 0. The van der Waals surface area contributed by atoms with Crippen LogP contribution in [0.1, 0.15) is 64.2 Å². The van der Waals surface area contributed by atoms with Crippen LogP contribution in [0.15, 0.2) is 24.3 Å². The Kier molecular flexibility index (Phi) is 5.42. The molecule has 1 aromatic heterocycles. The van der Waals surface area contributed by atoms with Crippen molar-refractivity contribution in [2.45, 2.75) is 64.5 Å². The molecule has 5 nitrogen and oxygen atoms in total. The van der Waals surface area contributed by atoms with Crippen LogP contribution in [0.3, 0.4) is 0 Å². The van der Waals surface area contributed by atoms with Crippen molar-refractivity contribution in [3.05, 3.63) is 30.1 Å². The molecule has 5 heteroatoms. The molecule has 0 radical (unpaired) electrons. The number of imidazole rings is 1. The van der Waals surface area contributed by atoms with Gasteiger partial charge in [0.05, 0.1) is 11.0 Å². The third kappa shape index (κ3) is 3.87. The van der Waals surface area contributed by atoms with Crippen LogP contribution in [0.4, 0.5) is 0 Å². The number of carbonyl (C=O) groups excluding carboxylic acids is 1. The SMILES string of the molecule is CC(N)CCC(=O)N1CCCC(c2nc3ccccc3n2C(C)C)C1. The van der Waals surface area contributed by atoms with E-state index in [1.807, 2.05) is 17.9 Å². The predicted molar refractivity (Wildman–Crippen MR) is 102 cm³/mol. The monoisotopic (exact) mass is 342 g/mol. The number of amides is 1. The largest absolute Gasteiger partial charge is 0.342 e. The van der Waals surface area contributed by atoms with E-state index < -0.39 is 0 Å². The van der Waals surface area contributed by atoms with E-state index in [9.17, 15) is 4.79 Å². The molecule has 136 valence electrons. The molecule has 0 spiro atoms. The van der Waals surface area contributed by atoms with Crippen LogP contribution in [-0.2, 0) is 4.79 Å². The lowest BCUT2D eigenvalue weighted by atomic mass is 9.96. The number of benzene rings is 1. The van der Waals surface area contributed by atoms with Crippen molar-refractivity contribution in [1.29, 1.82) is 0 Å². The highest BCUT2D eigenvalue weighted by atomic mass is 16.2. The van der Waals surface area contributed by atoms with E-state index in [1.165, 1.54) is 5.52 Å². The molecule has 1 fully saturated rings. The Morgan fingerprint density at radius 3 is 2.80 bits per heavy atom. The van der Waals surface area contributed by atoms with Crippen molar-refractivity contribution < 1.29 is 4.79 Å². The Bertz CT molecular complexity index is 734. The lowest BCUT2D eigenvalue weighted by molar-refractivity contribution is -0.132. The van der Waals surface area contributed by atoms with Gasteiger partial charge in [0.2, 0.25) is 5.91 Å². The van der Waals surface area contributed by atoms with Gasteiger partial charge >= 0.3 is 0 Å². The first-order valence-electron chi connectivity index (χ1n) is 9.47. The molecule has 1 aliphatic rings. The zero-order valence-corrected chi connectivity index (χ0v) is 15.6. The molecule has 0 saturated carbocycles. The molecule has 1 saturated heterocycles. The Labute approximate surface area is 150 Å². The Hall–Kier alpha value is -1.88. The van der Waals surface area contributed by atoms with Gasteiger partial charge in [-0.15, -0.1) is 0 Å². The third-order valence-corrected chi connectivity index (χ3v) is 5.09. The zero-order chi connectivity index (χ0) is 18.0. The Morgan fingerprint density at radius 2 is 2.08 bits per heavy atom. The minimum absolute atomic E-state index is 0.0784. The molecule has 2 unspecified atom stereocenters. The molecule has 1 aromatic carbocycles. The first kappa shape index (κ1) is 17.9. The van der Waals surface area contributed by atoms with Crippen LogP contribution in [0, 0.1) is 0 Å². The second-order valence-corrected chi connectivity index (χ2v) is 7.62. The number of hydrogen-bond acceptors (Lipinski definition) is 3. The Morgan fingerprint density at radius 1 is 1.32 bits per heavy atom. The van der Waals surface area contributed by atoms with E-state index in [0.29, 0.717) is 18.4 Å². The topological polar surface area (TPSA) is 64.2 Å². The summed E-state index contributed by atoms with van der Waals surface area (Å²) >= 11 is 0. The average Bonchev–Trinajstić information content (AvgIpc) is 2.99. The highest BCUT2D eigenvalue weighted by Crippen LogP contribution is 2.31. The van der Waals surface area contributed by atoms with Crippen LogP contribution in [-0.4, -0.2) is 39.5 Å². The molecule has 3 rings (SSSR count). The zero-order valence-electron chi connectivity index (χ0n) is 15.6. The molecule has 1 aliphatic heterocycles. The maximum atomic E-state index is 12.5. The van der Waals surface area contributed by atoms with E-state index in [2.05, 4.69) is 36.6 Å². The van der Waals surface area contributed by atoms with Crippen molar-refractivity contribution in [2.24, 2.45) is 5.73 Å². The number of fused-ring (bicyclic) bond motifs is 1. The van der Waals surface area contributed by atoms with Gasteiger partial charge in [-0.1, -0.05) is 12.1 Å². The minimum Gasteiger partial charge on any atom is -0.342 e. The summed E-state index contributed by atoms with van der Waals surface area (Å²) < 4.78 is 2.34. The van der Waals surface area contributed by atoms with Crippen molar-refractivity contribution in [1.82, 2.24) is 14.5 Å². The van der Waals surface area contributed by atoms with Gasteiger partial charge < -0.3 is 15.2 Å². The summed E-state index contributed by atoms with van der Waals surface area (Å²) in [4.78, 5) is 19.5. The van der Waals surface area contributed by atoms with E-state index in [4.69, 9.17) is 10.7 Å². The normalized spacial score (nSPS) is 19.6. The van der Waals surface area contributed by atoms with Crippen LogP contribution in [0.2, 0.25) is 0 Å². The lowest BCUT2D eigenvalue weighted by Gasteiger charge is -2.33. The van der Waals surface area contributed by atoms with E-state index >= 15 is 0 Å². The lowest BCUT2D eigenvalue weighted by Crippen LogP contribution is -2.40. The van der Waals surface area contributed by atoms with Gasteiger partial charge in [0.15, 0.2) is 0 Å². The number of nitrogens with zero attached hydrogens (tertiary/aromatic N) is 3. The second kappa shape index (κ2) is 7.56. The number of piperidine rings is 1. The number of rotatable bonds is 5. The van der Waals surface area contributed by atoms with Gasteiger partial charge in [-0.2, -0.15) is 0 Å². The fraction of sp³-hybridized carbons (Fsp3) is 0.600. The molecule has 0 bridgehead atoms. The molecular weight excluding hydrogens is 312 g/mol. The predicted octanol–water partition coefficient (Wildman–Crippen LogP) is 3.45. The first-order chi connectivity index (χ1) is 12.0. The summed E-state index contributed by atoms with van der Waals surface area (Å²) in [7, 11) is 0. The van der Waals surface area contributed by atoms with Gasteiger partial charge in [0, 0.05) is 37.5 Å². The number of hydrogen-bond donors (Lipinski definition) is 1. The summed E-state index contributed by atoms with van der Waals surface area (Å²) in [5.41, 5.74) is 8.04. The number of para-hydroxylation sites is 2. The van der Waals surface area contributed by atoms with Crippen LogP contribution in [0.5, 0.6) is 0 Å². The minimum atomic E-state index is 0.0784. The van der Waals surface area contributed by atoms with E-state index in [0.717, 1.165) is 43.7 Å². The maximum Gasteiger partial charge on any atom is 0.222 e. The Balaban J connectivity index is 1.83. The molecule has 2 heterocycles. The molecule has 0 aliphatic carbocycles. The van der Waals surface area contributed by atoms with Gasteiger partial charge in [-0.05, 0) is 52.2 Å². The molecule has 2 N–H and O–H groups in total. The van der Waals surface area contributed by atoms with E-state index in [-0.39, 0.29) is 11.9 Å². The summed E-state index contributed by atoms with van der Waals surface area (Å²) in [6, 6.07) is 8.75. The van der Waals surface area contributed by atoms with Crippen LogP contribution in [0.25, 0.3) is 11.0 Å². The van der Waals surface area contributed by atoms with Crippen molar-refractivity contribution in [3.63, 3.8) is 0 Å². The number of likely N-dealkylation sites (tertiary alicyclic amines) is 1.